The second-order valence-corrected chi connectivity index (χ2v) is 8.42. The van der Waals surface area contributed by atoms with E-state index in [0.29, 0.717) is 6.07 Å². The summed E-state index contributed by atoms with van der Waals surface area (Å²) >= 11 is 0.0395. The first-order valence-electron chi connectivity index (χ1n) is 5.74. The quantitative estimate of drug-likeness (QED) is 0.877. The third kappa shape index (κ3) is 4.42. The molecule has 0 unspecified atom stereocenters. The molecule has 1 aromatic heterocycles. The molecule has 10 heteroatoms. The van der Waals surface area contributed by atoms with E-state index in [9.17, 15) is 26.4 Å². The Morgan fingerprint density at radius 3 is 2.19 bits per heavy atom. The van der Waals surface area contributed by atoms with Crippen LogP contribution >= 0.6 is 11.3 Å². The van der Waals surface area contributed by atoms with Crippen molar-refractivity contribution in [3.05, 3.63) is 17.0 Å². The highest BCUT2D eigenvalue weighted by Gasteiger charge is 2.35. The highest BCUT2D eigenvalue weighted by atomic mass is 32.2. The van der Waals surface area contributed by atoms with Gasteiger partial charge in [0.15, 0.2) is 0 Å². The average molecular weight is 344 g/mol. The number of carbonyl (C=O) groups is 1. The summed E-state index contributed by atoms with van der Waals surface area (Å²) in [6.07, 6.45) is -4.63. The molecule has 0 saturated carbocycles. The minimum atomic E-state index is -4.63. The van der Waals surface area contributed by atoms with Crippen molar-refractivity contribution in [1.82, 2.24) is 4.72 Å². The molecule has 1 aromatic rings. The summed E-state index contributed by atoms with van der Waals surface area (Å²) in [5, 5.41) is 0. The monoisotopic (exact) mass is 344 g/mol. The lowest BCUT2D eigenvalue weighted by molar-refractivity contribution is -0.134. The number of hydrogen-bond donors (Lipinski definition) is 2. The molecule has 3 N–H and O–H groups in total. The van der Waals surface area contributed by atoms with Crippen LogP contribution in [0.2, 0.25) is 0 Å². The van der Waals surface area contributed by atoms with Crippen LogP contribution < -0.4 is 10.5 Å². The number of rotatable bonds is 3. The van der Waals surface area contributed by atoms with Gasteiger partial charge in [0.25, 0.3) is 15.9 Å². The number of alkyl halides is 3. The van der Waals surface area contributed by atoms with Gasteiger partial charge in [-0.1, -0.05) is 20.8 Å². The van der Waals surface area contributed by atoms with Crippen molar-refractivity contribution in [3.63, 3.8) is 0 Å². The molecule has 1 rings (SSSR count). The normalized spacial score (nSPS) is 14.8. The Hall–Kier alpha value is -1.13. The van der Waals surface area contributed by atoms with Gasteiger partial charge in [-0.25, -0.2) is 13.1 Å². The van der Waals surface area contributed by atoms with Crippen molar-refractivity contribution in [2.45, 2.75) is 37.2 Å². The van der Waals surface area contributed by atoms with Crippen molar-refractivity contribution in [1.29, 1.82) is 0 Å². The van der Waals surface area contributed by atoms with Crippen LogP contribution in [0.3, 0.4) is 0 Å². The summed E-state index contributed by atoms with van der Waals surface area (Å²) < 4.78 is 62.2. The van der Waals surface area contributed by atoms with Gasteiger partial charge < -0.3 is 5.73 Å². The first-order chi connectivity index (χ1) is 9.25. The van der Waals surface area contributed by atoms with E-state index in [1.165, 1.54) is 0 Å². The lowest BCUT2D eigenvalue weighted by Gasteiger charge is -2.25. The molecule has 1 heterocycles. The molecular formula is C11H15F3N2O3S2. The molecule has 0 spiro atoms. The van der Waals surface area contributed by atoms with Gasteiger partial charge in [0.2, 0.25) is 0 Å². The molecule has 0 aliphatic heterocycles. The SMILES string of the molecule is CC(C)(C)[C@H](N)C(=O)NS(=O)(=O)c1ccc(C(F)(F)F)s1. The van der Waals surface area contributed by atoms with E-state index in [4.69, 9.17) is 5.73 Å². The molecule has 120 valence electrons. The number of carbonyl (C=O) groups excluding carboxylic acids is 1. The highest BCUT2D eigenvalue weighted by Crippen LogP contribution is 2.36. The molecule has 5 nitrogen and oxygen atoms in total. The minimum Gasteiger partial charge on any atom is -0.319 e. The maximum Gasteiger partial charge on any atom is 0.425 e. The van der Waals surface area contributed by atoms with Crippen LogP contribution in [0.1, 0.15) is 25.6 Å². The van der Waals surface area contributed by atoms with Gasteiger partial charge in [-0.05, 0) is 17.5 Å². The topological polar surface area (TPSA) is 89.3 Å². The molecule has 0 aliphatic carbocycles. The van der Waals surface area contributed by atoms with E-state index in [1.54, 1.807) is 25.5 Å². The second kappa shape index (κ2) is 5.58. The van der Waals surface area contributed by atoms with Crippen LogP contribution in [-0.2, 0) is 21.0 Å². The highest BCUT2D eigenvalue weighted by molar-refractivity contribution is 7.92. The Bertz CT molecular complexity index is 630. The fraction of sp³-hybridized carbons (Fsp3) is 0.545. The van der Waals surface area contributed by atoms with Crippen molar-refractivity contribution in [2.75, 3.05) is 0 Å². The molecule has 21 heavy (non-hydrogen) atoms. The second-order valence-electron chi connectivity index (χ2n) is 5.43. The third-order valence-electron chi connectivity index (χ3n) is 2.58. The molecule has 0 aliphatic rings. The summed E-state index contributed by atoms with van der Waals surface area (Å²) in [6.45, 7) is 4.91. The predicted octanol–water partition coefficient (Wildman–Crippen LogP) is 1.95. The van der Waals surface area contributed by atoms with Gasteiger partial charge in [-0.15, -0.1) is 11.3 Å². The van der Waals surface area contributed by atoms with Crippen molar-refractivity contribution < 1.29 is 26.4 Å². The lowest BCUT2D eigenvalue weighted by atomic mass is 9.87. The minimum absolute atomic E-state index is 0.0395. The van der Waals surface area contributed by atoms with E-state index >= 15 is 0 Å². The summed E-state index contributed by atoms with van der Waals surface area (Å²) in [5.41, 5.74) is 4.91. The fourth-order valence-corrected chi connectivity index (χ4v) is 3.43. The maximum absolute atomic E-state index is 12.4. The van der Waals surface area contributed by atoms with Crippen molar-refractivity contribution in [3.8, 4) is 0 Å². The smallest absolute Gasteiger partial charge is 0.319 e. The van der Waals surface area contributed by atoms with Crippen molar-refractivity contribution >= 4 is 27.3 Å². The molecule has 1 amide bonds. The van der Waals surface area contributed by atoms with E-state index in [2.05, 4.69) is 0 Å². The van der Waals surface area contributed by atoms with Gasteiger partial charge >= 0.3 is 6.18 Å². The molecule has 1 atom stereocenters. The first kappa shape index (κ1) is 17.9. The van der Waals surface area contributed by atoms with Gasteiger partial charge in [0.1, 0.15) is 9.09 Å². The summed E-state index contributed by atoms with van der Waals surface area (Å²) in [7, 11) is -4.37. The Labute approximate surface area is 124 Å². The van der Waals surface area contributed by atoms with Gasteiger partial charge in [0, 0.05) is 0 Å². The Morgan fingerprint density at radius 1 is 1.29 bits per heavy atom. The predicted molar refractivity (Wildman–Crippen MR) is 72.1 cm³/mol. The molecule has 0 aromatic carbocycles. The van der Waals surface area contributed by atoms with Crippen LogP contribution in [-0.4, -0.2) is 20.4 Å². The Balaban J connectivity index is 2.98. The number of halogens is 3. The van der Waals surface area contributed by atoms with Gasteiger partial charge in [0.05, 0.1) is 6.04 Å². The first-order valence-corrected chi connectivity index (χ1v) is 8.04. The summed E-state index contributed by atoms with van der Waals surface area (Å²) in [5.74, 6) is -0.968. The van der Waals surface area contributed by atoms with Gasteiger partial charge in [-0.3, -0.25) is 4.79 Å². The van der Waals surface area contributed by atoms with E-state index < -0.39 is 42.6 Å². The number of thiophene rings is 1. The Kier molecular flexibility index (Phi) is 4.76. The number of nitrogens with one attached hydrogen (secondary N) is 1. The zero-order chi connectivity index (χ0) is 16.6. The molecular weight excluding hydrogens is 329 g/mol. The number of nitrogens with two attached hydrogens (primary N) is 1. The average Bonchev–Trinajstić information content (AvgIpc) is 2.75. The molecule has 0 radical (unpaired) electrons. The molecule has 0 fully saturated rings. The zero-order valence-electron chi connectivity index (χ0n) is 11.5. The van der Waals surface area contributed by atoms with Crippen LogP contribution in [0, 0.1) is 5.41 Å². The third-order valence-corrected chi connectivity index (χ3v) is 5.54. The van der Waals surface area contributed by atoms with Crippen molar-refractivity contribution in [2.24, 2.45) is 11.1 Å². The van der Waals surface area contributed by atoms with Crippen LogP contribution in [0.5, 0.6) is 0 Å². The van der Waals surface area contributed by atoms with E-state index in [1.807, 2.05) is 0 Å². The molecule has 0 bridgehead atoms. The number of sulfonamides is 1. The Morgan fingerprint density at radius 2 is 1.81 bits per heavy atom. The number of amides is 1. The summed E-state index contributed by atoms with van der Waals surface area (Å²) in [4.78, 5) is 10.7. The standard InChI is InChI=1S/C11H15F3N2O3S2/c1-10(2,3)8(15)9(17)16-21(18,19)7-5-4-6(20-7)11(12,13)14/h4-5,8H,15H2,1-3H3,(H,16,17)/t8-/m1/s1. The fourth-order valence-electron chi connectivity index (χ4n) is 1.26. The van der Waals surface area contributed by atoms with E-state index in [-0.39, 0.29) is 11.3 Å². The van der Waals surface area contributed by atoms with Crippen LogP contribution in [0.25, 0.3) is 0 Å². The zero-order valence-corrected chi connectivity index (χ0v) is 13.1. The van der Waals surface area contributed by atoms with Crippen LogP contribution in [0.15, 0.2) is 16.3 Å². The summed E-state index contributed by atoms with van der Waals surface area (Å²) in [6, 6.07) is 0.327. The lowest BCUT2D eigenvalue weighted by Crippen LogP contribution is -2.50. The van der Waals surface area contributed by atoms with Gasteiger partial charge in [-0.2, -0.15) is 13.2 Å². The maximum atomic E-state index is 12.4. The van der Waals surface area contributed by atoms with E-state index in [0.717, 1.165) is 6.07 Å². The largest absolute Gasteiger partial charge is 0.425 e. The van der Waals surface area contributed by atoms with Crippen LogP contribution in [0.4, 0.5) is 13.2 Å². The number of hydrogen-bond acceptors (Lipinski definition) is 5. The molecule has 0 saturated heterocycles.